The van der Waals surface area contributed by atoms with Crippen LogP contribution in [0.15, 0.2) is 164 Å². The molecule has 0 atom stereocenters. The average Bonchev–Trinajstić information content (AvgIpc) is 3.84. The minimum absolute atomic E-state index is 0.0485. The van der Waals surface area contributed by atoms with Crippen molar-refractivity contribution in [3.8, 4) is 89.0 Å². The first-order chi connectivity index (χ1) is 33.7. The summed E-state index contributed by atoms with van der Waals surface area (Å²) in [6.07, 6.45) is 0. The van der Waals surface area contributed by atoms with E-state index in [-0.39, 0.29) is 21.7 Å². The number of rotatable bonds is 4. The predicted molar refractivity (Wildman–Crippen MR) is 309 cm³/mol. The monoisotopic (exact) mass is 919 g/mol. The molecule has 350 valence electrons. The number of hydrogen-bond acceptors (Lipinski definition) is 0. The summed E-state index contributed by atoms with van der Waals surface area (Å²) in [6, 6.07) is 64.3. The summed E-state index contributed by atoms with van der Waals surface area (Å²) in [5.41, 5.74) is 27.8. The van der Waals surface area contributed by atoms with Gasteiger partial charge in [-0.15, -0.1) is 0 Å². The average molecular weight is 919 g/mol. The van der Waals surface area contributed by atoms with E-state index in [1.165, 1.54) is 149 Å². The topological polar surface area (TPSA) is 0 Å². The summed E-state index contributed by atoms with van der Waals surface area (Å²) in [7, 11) is 0. The summed E-state index contributed by atoms with van der Waals surface area (Å²) >= 11 is 0. The molecule has 2 aliphatic rings. The molecule has 71 heavy (non-hydrogen) atoms. The van der Waals surface area contributed by atoms with Crippen LogP contribution in [0.4, 0.5) is 0 Å². The van der Waals surface area contributed by atoms with Crippen LogP contribution in [0.5, 0.6) is 0 Å². The molecular formula is C71H66. The lowest BCUT2D eigenvalue weighted by molar-refractivity contribution is 0.590. The highest BCUT2D eigenvalue weighted by Crippen LogP contribution is 2.64. The van der Waals surface area contributed by atoms with E-state index in [9.17, 15) is 0 Å². The van der Waals surface area contributed by atoms with E-state index in [4.69, 9.17) is 0 Å². The van der Waals surface area contributed by atoms with Gasteiger partial charge in [0.25, 0.3) is 0 Å². The minimum atomic E-state index is 0.0485. The van der Waals surface area contributed by atoms with Gasteiger partial charge in [0.2, 0.25) is 0 Å². The fourth-order valence-electron chi connectivity index (χ4n) is 12.2. The van der Waals surface area contributed by atoms with Gasteiger partial charge in [-0.1, -0.05) is 252 Å². The van der Waals surface area contributed by atoms with E-state index < -0.39 is 0 Å². The molecule has 0 aliphatic heterocycles. The first-order valence-electron chi connectivity index (χ1n) is 25.9. The van der Waals surface area contributed by atoms with Gasteiger partial charge in [-0.3, -0.25) is 0 Å². The fraction of sp³-hybridized carbons (Fsp3) is 0.239. The Bertz CT molecular complexity index is 3710. The Labute approximate surface area is 422 Å². The second-order valence-electron chi connectivity index (χ2n) is 25.0. The molecule has 12 rings (SSSR count). The van der Waals surface area contributed by atoms with Crippen molar-refractivity contribution >= 4 is 32.3 Å². The van der Waals surface area contributed by atoms with E-state index in [0.29, 0.717) is 0 Å². The van der Waals surface area contributed by atoms with Crippen LogP contribution in [-0.2, 0) is 21.7 Å². The third-order valence-electron chi connectivity index (χ3n) is 16.1. The van der Waals surface area contributed by atoms with E-state index in [2.05, 4.69) is 254 Å². The fourth-order valence-corrected chi connectivity index (χ4v) is 12.2. The Morgan fingerprint density at radius 1 is 0.239 bits per heavy atom. The molecule has 0 bridgehead atoms. The van der Waals surface area contributed by atoms with Crippen molar-refractivity contribution in [3.63, 3.8) is 0 Å². The number of benzene rings is 10. The number of fused-ring (bicyclic) bond motifs is 8. The van der Waals surface area contributed by atoms with Gasteiger partial charge in [0.05, 0.1) is 0 Å². The maximum atomic E-state index is 2.49. The Balaban J connectivity index is 1.22. The molecule has 0 N–H and O–H groups in total. The van der Waals surface area contributed by atoms with Crippen molar-refractivity contribution < 1.29 is 0 Å². The van der Waals surface area contributed by atoms with Gasteiger partial charge in [-0.2, -0.15) is 0 Å². The van der Waals surface area contributed by atoms with Crippen LogP contribution in [0.2, 0.25) is 0 Å². The van der Waals surface area contributed by atoms with Gasteiger partial charge >= 0.3 is 0 Å². The zero-order chi connectivity index (χ0) is 49.7. The Morgan fingerprint density at radius 3 is 0.761 bits per heavy atom. The Morgan fingerprint density at radius 2 is 0.493 bits per heavy atom. The first-order valence-corrected chi connectivity index (χ1v) is 25.9. The molecule has 0 spiro atoms. The molecule has 0 heteroatoms. The molecular weight excluding hydrogens is 853 g/mol. The van der Waals surface area contributed by atoms with Crippen molar-refractivity contribution in [1.82, 2.24) is 0 Å². The van der Waals surface area contributed by atoms with E-state index in [1.54, 1.807) is 0 Å². The van der Waals surface area contributed by atoms with Crippen molar-refractivity contribution in [2.75, 3.05) is 0 Å². The van der Waals surface area contributed by atoms with Crippen LogP contribution in [-0.4, -0.2) is 0 Å². The summed E-state index contributed by atoms with van der Waals surface area (Å²) < 4.78 is 0. The number of hydrogen-bond donors (Lipinski definition) is 0. The van der Waals surface area contributed by atoms with E-state index in [0.717, 1.165) is 0 Å². The van der Waals surface area contributed by atoms with Crippen LogP contribution in [0.3, 0.4) is 0 Å². The summed E-state index contributed by atoms with van der Waals surface area (Å²) in [6.45, 7) is 30.0. The second kappa shape index (κ2) is 15.5. The first kappa shape index (κ1) is 45.1. The molecule has 0 saturated heterocycles. The Hall–Kier alpha value is -7.02. The normalized spacial score (nSPS) is 13.1. The lowest BCUT2D eigenvalue weighted by atomic mass is 9.80. The summed E-state index contributed by atoms with van der Waals surface area (Å²) in [4.78, 5) is 0. The molecule has 0 aromatic heterocycles. The lowest BCUT2D eigenvalue weighted by Gasteiger charge is -2.24. The van der Waals surface area contributed by atoms with Crippen molar-refractivity contribution in [2.45, 2.75) is 112 Å². The Kier molecular flexibility index (Phi) is 9.85. The van der Waals surface area contributed by atoms with E-state index >= 15 is 0 Å². The largest absolute Gasteiger partial charge is 0.0616 e. The highest BCUT2D eigenvalue weighted by Gasteiger charge is 2.37. The van der Waals surface area contributed by atoms with Crippen LogP contribution in [0, 0.1) is 6.92 Å². The lowest BCUT2D eigenvalue weighted by Crippen LogP contribution is -2.10. The van der Waals surface area contributed by atoms with Crippen molar-refractivity contribution in [1.29, 1.82) is 0 Å². The van der Waals surface area contributed by atoms with E-state index in [1.807, 2.05) is 0 Å². The molecule has 10 aromatic rings. The maximum Gasteiger partial charge on any atom is -0.000740 e. The minimum Gasteiger partial charge on any atom is -0.0616 e. The summed E-state index contributed by atoms with van der Waals surface area (Å²) in [5, 5.41) is 7.91. The molecule has 2 aliphatic carbocycles. The molecule has 0 radical (unpaired) electrons. The quantitative estimate of drug-likeness (QED) is 0.165. The molecule has 10 aromatic carbocycles. The molecule has 0 unspecified atom stereocenters. The van der Waals surface area contributed by atoms with Crippen LogP contribution >= 0.6 is 0 Å². The van der Waals surface area contributed by atoms with Gasteiger partial charge < -0.3 is 0 Å². The third-order valence-corrected chi connectivity index (χ3v) is 16.1. The molecule has 0 amide bonds. The standard InChI is InChI=1S/C71H66/c1-41-18-35-52-57(40-41)61(45-25-33-49(34-26-45)71(11,12)13)67-56-39-38-54-62-53(36-37-55(63(56)62)66(67)60(52)44-23-31-48(32-24-44)70(8,9)10)64-58(42-19-27-46(28-20-42)68(2,3)4)50-16-14-15-17-51(50)59(65(54)64)43-21-29-47(30-22-43)69(5,6)7/h14-40H,1-13H3. The van der Waals surface area contributed by atoms with Gasteiger partial charge in [-0.05, 0) is 172 Å². The summed E-state index contributed by atoms with van der Waals surface area (Å²) in [5.74, 6) is 0. The van der Waals surface area contributed by atoms with Crippen molar-refractivity contribution in [2.24, 2.45) is 0 Å². The zero-order valence-corrected chi connectivity index (χ0v) is 44.1. The van der Waals surface area contributed by atoms with Gasteiger partial charge in [0.15, 0.2) is 0 Å². The van der Waals surface area contributed by atoms with Gasteiger partial charge in [0, 0.05) is 0 Å². The predicted octanol–water partition coefficient (Wildman–Crippen LogP) is 20.6. The van der Waals surface area contributed by atoms with Crippen molar-refractivity contribution in [3.05, 3.63) is 192 Å². The smallest absolute Gasteiger partial charge is 0.000740 e. The van der Waals surface area contributed by atoms with Crippen LogP contribution in [0.25, 0.3) is 121 Å². The highest BCUT2D eigenvalue weighted by atomic mass is 14.4. The maximum absolute atomic E-state index is 2.49. The molecule has 0 nitrogen and oxygen atoms in total. The zero-order valence-electron chi connectivity index (χ0n) is 44.1. The van der Waals surface area contributed by atoms with Gasteiger partial charge in [0.1, 0.15) is 0 Å². The highest BCUT2D eigenvalue weighted by molar-refractivity contribution is 6.35. The molecule has 0 heterocycles. The van der Waals surface area contributed by atoms with Crippen LogP contribution < -0.4 is 0 Å². The SMILES string of the molecule is Cc1ccc2c(-c3ccc(C(C)(C)C)cc3)c3c(c(-c4ccc(C(C)(C)C)cc4)c2c1)-c1ccc2c4c(ccc-3c14)-c1c-2c(-c2ccc(C(C)(C)C)cc2)c2ccccc2c1-c1ccc(C(C)(C)C)cc1. The third kappa shape index (κ3) is 6.99. The molecule has 0 fully saturated rings. The molecule has 0 saturated carbocycles. The van der Waals surface area contributed by atoms with Gasteiger partial charge in [-0.25, -0.2) is 0 Å². The number of aryl methyl sites for hydroxylation is 1. The second-order valence-corrected chi connectivity index (χ2v) is 25.0. The van der Waals surface area contributed by atoms with Crippen LogP contribution in [0.1, 0.15) is 111 Å².